The molecule has 2 aromatic rings. The molecule has 0 bridgehead atoms. The fourth-order valence-electron chi connectivity index (χ4n) is 2.79. The highest BCUT2D eigenvalue weighted by molar-refractivity contribution is 14.0. The molecule has 5 heteroatoms. The van der Waals surface area contributed by atoms with Crippen molar-refractivity contribution < 1.29 is 4.74 Å². The Kier molecular flexibility index (Phi) is 9.07. The molecule has 2 atom stereocenters. The summed E-state index contributed by atoms with van der Waals surface area (Å²) in [6.45, 7) is 7.19. The van der Waals surface area contributed by atoms with Crippen molar-refractivity contribution in [2.45, 2.75) is 46.1 Å². The van der Waals surface area contributed by atoms with Gasteiger partial charge in [0.1, 0.15) is 0 Å². The highest BCUT2D eigenvalue weighted by atomic mass is 127. The summed E-state index contributed by atoms with van der Waals surface area (Å²) in [6.07, 6.45) is 1.24. The molecular formula is C22H30IN3O. The number of aliphatic imine (C=N–C) groups is 1. The molecule has 0 aliphatic heterocycles. The lowest BCUT2D eigenvalue weighted by Crippen LogP contribution is -2.39. The Morgan fingerprint density at radius 3 is 2.19 bits per heavy atom. The van der Waals surface area contributed by atoms with E-state index >= 15 is 0 Å². The minimum atomic E-state index is 0. The van der Waals surface area contributed by atoms with Crippen molar-refractivity contribution in [1.29, 1.82) is 0 Å². The van der Waals surface area contributed by atoms with Gasteiger partial charge in [-0.3, -0.25) is 0 Å². The minimum Gasteiger partial charge on any atom is -0.372 e. The van der Waals surface area contributed by atoms with E-state index in [0.717, 1.165) is 18.4 Å². The Labute approximate surface area is 179 Å². The molecule has 2 aromatic carbocycles. The van der Waals surface area contributed by atoms with Gasteiger partial charge in [-0.05, 0) is 36.0 Å². The number of ether oxygens (including phenoxy) is 1. The average molecular weight is 479 g/mol. The molecule has 0 heterocycles. The van der Waals surface area contributed by atoms with Crippen molar-refractivity contribution in [2.75, 3.05) is 6.54 Å². The molecule has 146 valence electrons. The SMILES string of the molecule is CCNC(=NCc1ccc(COCc2ccccc2)cc1)NC1CC1C.I. The van der Waals surface area contributed by atoms with Gasteiger partial charge in [0.25, 0.3) is 0 Å². The third-order valence-electron chi connectivity index (χ3n) is 4.60. The molecule has 0 amide bonds. The van der Waals surface area contributed by atoms with Crippen LogP contribution in [-0.2, 0) is 24.5 Å². The van der Waals surface area contributed by atoms with Crippen LogP contribution in [0.5, 0.6) is 0 Å². The quantitative estimate of drug-likeness (QED) is 0.333. The Morgan fingerprint density at radius 2 is 1.59 bits per heavy atom. The molecular weight excluding hydrogens is 449 g/mol. The summed E-state index contributed by atoms with van der Waals surface area (Å²) in [5.74, 6) is 1.67. The Balaban J connectivity index is 0.00000261. The van der Waals surface area contributed by atoms with Gasteiger partial charge in [-0.1, -0.05) is 61.5 Å². The van der Waals surface area contributed by atoms with E-state index < -0.39 is 0 Å². The van der Waals surface area contributed by atoms with Crippen LogP contribution >= 0.6 is 24.0 Å². The molecule has 2 unspecified atom stereocenters. The highest BCUT2D eigenvalue weighted by Crippen LogP contribution is 2.28. The van der Waals surface area contributed by atoms with Gasteiger partial charge in [0, 0.05) is 12.6 Å². The summed E-state index contributed by atoms with van der Waals surface area (Å²) in [4.78, 5) is 4.69. The van der Waals surface area contributed by atoms with E-state index in [-0.39, 0.29) is 24.0 Å². The van der Waals surface area contributed by atoms with Crippen LogP contribution in [-0.4, -0.2) is 18.5 Å². The van der Waals surface area contributed by atoms with Crippen LogP contribution in [0.15, 0.2) is 59.6 Å². The van der Waals surface area contributed by atoms with Crippen LogP contribution in [0.2, 0.25) is 0 Å². The van der Waals surface area contributed by atoms with Gasteiger partial charge in [-0.2, -0.15) is 0 Å². The third kappa shape index (κ3) is 7.50. The summed E-state index contributed by atoms with van der Waals surface area (Å²) in [7, 11) is 0. The van der Waals surface area contributed by atoms with Crippen LogP contribution in [0, 0.1) is 5.92 Å². The zero-order valence-electron chi connectivity index (χ0n) is 16.2. The normalized spacial score (nSPS) is 18.5. The largest absolute Gasteiger partial charge is 0.372 e. The Hall–Kier alpha value is -1.60. The van der Waals surface area contributed by atoms with E-state index in [2.05, 4.69) is 60.9 Å². The van der Waals surface area contributed by atoms with Gasteiger partial charge < -0.3 is 15.4 Å². The Bertz CT molecular complexity index is 703. The summed E-state index contributed by atoms with van der Waals surface area (Å²) >= 11 is 0. The second-order valence-electron chi connectivity index (χ2n) is 6.95. The van der Waals surface area contributed by atoms with Crippen LogP contribution in [0.1, 0.15) is 37.0 Å². The monoisotopic (exact) mass is 479 g/mol. The molecule has 1 aliphatic rings. The van der Waals surface area contributed by atoms with Crippen molar-refractivity contribution >= 4 is 29.9 Å². The summed E-state index contributed by atoms with van der Waals surface area (Å²) in [5, 5.41) is 6.80. The maximum atomic E-state index is 5.79. The maximum absolute atomic E-state index is 5.79. The molecule has 0 aromatic heterocycles. The standard InChI is InChI=1S/C22H29N3O.HI/c1-3-23-22(25-21-13-17(21)2)24-14-18-9-11-20(12-10-18)16-26-15-19-7-5-4-6-8-19;/h4-12,17,21H,3,13-16H2,1-2H3,(H2,23,24,25);1H. The molecule has 1 saturated carbocycles. The van der Waals surface area contributed by atoms with Crippen LogP contribution < -0.4 is 10.6 Å². The van der Waals surface area contributed by atoms with Gasteiger partial charge in [0.05, 0.1) is 19.8 Å². The number of nitrogens with zero attached hydrogens (tertiary/aromatic N) is 1. The molecule has 2 N–H and O–H groups in total. The molecule has 1 fully saturated rings. The van der Waals surface area contributed by atoms with Gasteiger partial charge in [0.2, 0.25) is 0 Å². The van der Waals surface area contributed by atoms with Gasteiger partial charge >= 0.3 is 0 Å². The lowest BCUT2D eigenvalue weighted by molar-refractivity contribution is 0.107. The lowest BCUT2D eigenvalue weighted by atomic mass is 10.1. The zero-order chi connectivity index (χ0) is 18.2. The Morgan fingerprint density at radius 1 is 1.00 bits per heavy atom. The van der Waals surface area contributed by atoms with Crippen molar-refractivity contribution in [2.24, 2.45) is 10.9 Å². The smallest absolute Gasteiger partial charge is 0.191 e. The summed E-state index contributed by atoms with van der Waals surface area (Å²) < 4.78 is 5.79. The predicted octanol–water partition coefficient (Wildman–Crippen LogP) is 4.48. The molecule has 0 saturated heterocycles. The first kappa shape index (κ1) is 21.7. The van der Waals surface area contributed by atoms with Crippen molar-refractivity contribution in [3.8, 4) is 0 Å². The third-order valence-corrected chi connectivity index (χ3v) is 4.60. The molecule has 1 aliphatic carbocycles. The fraction of sp³-hybridized carbons (Fsp3) is 0.409. The van der Waals surface area contributed by atoms with E-state index in [1.165, 1.54) is 23.1 Å². The molecule has 27 heavy (non-hydrogen) atoms. The van der Waals surface area contributed by atoms with Crippen molar-refractivity contribution in [3.63, 3.8) is 0 Å². The predicted molar refractivity (Wildman–Crippen MR) is 122 cm³/mol. The van der Waals surface area contributed by atoms with E-state index in [4.69, 9.17) is 9.73 Å². The number of rotatable bonds is 8. The lowest BCUT2D eigenvalue weighted by Gasteiger charge is -2.11. The van der Waals surface area contributed by atoms with E-state index in [0.29, 0.717) is 25.8 Å². The van der Waals surface area contributed by atoms with Crippen LogP contribution in [0.3, 0.4) is 0 Å². The van der Waals surface area contributed by atoms with Crippen LogP contribution in [0.4, 0.5) is 0 Å². The fourth-order valence-corrected chi connectivity index (χ4v) is 2.79. The molecule has 0 radical (unpaired) electrons. The first-order valence-electron chi connectivity index (χ1n) is 9.49. The minimum absolute atomic E-state index is 0. The van der Waals surface area contributed by atoms with E-state index in [9.17, 15) is 0 Å². The average Bonchev–Trinajstić information content (AvgIpc) is 3.36. The summed E-state index contributed by atoms with van der Waals surface area (Å²) in [5.41, 5.74) is 3.59. The first-order chi connectivity index (χ1) is 12.7. The second kappa shape index (κ2) is 11.3. The van der Waals surface area contributed by atoms with Gasteiger partial charge in [0.15, 0.2) is 5.96 Å². The molecule has 0 spiro atoms. The van der Waals surface area contributed by atoms with Crippen molar-refractivity contribution in [3.05, 3.63) is 71.3 Å². The topological polar surface area (TPSA) is 45.7 Å². The number of halogens is 1. The number of nitrogens with one attached hydrogen (secondary N) is 2. The highest BCUT2D eigenvalue weighted by Gasteiger charge is 2.33. The molecule has 4 nitrogen and oxygen atoms in total. The number of guanidine groups is 1. The number of hydrogen-bond acceptors (Lipinski definition) is 2. The van der Waals surface area contributed by atoms with Crippen molar-refractivity contribution in [1.82, 2.24) is 10.6 Å². The maximum Gasteiger partial charge on any atom is 0.191 e. The number of benzene rings is 2. The molecule has 3 rings (SSSR count). The zero-order valence-corrected chi connectivity index (χ0v) is 18.5. The van der Waals surface area contributed by atoms with Gasteiger partial charge in [-0.25, -0.2) is 4.99 Å². The van der Waals surface area contributed by atoms with Gasteiger partial charge in [-0.15, -0.1) is 24.0 Å². The van der Waals surface area contributed by atoms with Crippen LogP contribution in [0.25, 0.3) is 0 Å². The second-order valence-corrected chi connectivity index (χ2v) is 6.95. The first-order valence-corrected chi connectivity index (χ1v) is 9.49. The summed E-state index contributed by atoms with van der Waals surface area (Å²) in [6, 6.07) is 19.4. The van der Waals surface area contributed by atoms with E-state index in [1.807, 2.05) is 18.2 Å². The van der Waals surface area contributed by atoms with E-state index in [1.54, 1.807) is 0 Å². The number of hydrogen-bond donors (Lipinski definition) is 2.